The molecule has 23 heavy (non-hydrogen) atoms. The molecule has 1 unspecified atom stereocenters. The minimum Gasteiger partial charge on any atom is -0.381 e. The van der Waals surface area contributed by atoms with Crippen LogP contribution in [0.1, 0.15) is 77.0 Å². The Balaban J connectivity index is 1.86. The van der Waals surface area contributed by atoms with Gasteiger partial charge in [0.05, 0.1) is 5.60 Å². The highest BCUT2D eigenvalue weighted by Gasteiger charge is 2.54. The molecule has 0 aromatic heterocycles. The van der Waals surface area contributed by atoms with E-state index in [-0.39, 0.29) is 11.0 Å². The third kappa shape index (κ3) is 3.53. The van der Waals surface area contributed by atoms with Crippen molar-refractivity contribution in [2.24, 2.45) is 5.41 Å². The van der Waals surface area contributed by atoms with Crippen molar-refractivity contribution in [2.45, 2.75) is 88.0 Å². The third-order valence-corrected chi connectivity index (χ3v) is 7.26. The van der Waals surface area contributed by atoms with Gasteiger partial charge in [-0.1, -0.05) is 50.3 Å². The molecule has 1 aliphatic carbocycles. The Morgan fingerprint density at radius 3 is 2.17 bits per heavy atom. The maximum absolute atomic E-state index is 11.6. The van der Waals surface area contributed by atoms with Crippen LogP contribution in [0, 0.1) is 5.41 Å². The second kappa shape index (κ2) is 7.27. The van der Waals surface area contributed by atoms with Crippen molar-refractivity contribution in [3.05, 3.63) is 0 Å². The van der Waals surface area contributed by atoms with Crippen LogP contribution < -0.4 is 0 Å². The molecule has 2 aliphatic heterocycles. The molecule has 0 amide bonds. The van der Waals surface area contributed by atoms with Crippen LogP contribution >= 0.6 is 0 Å². The number of ether oxygens (including phenoxy) is 2. The molecular formula is C19H33BO3. The molecule has 1 atom stereocenters. The molecular weight excluding hydrogens is 287 g/mol. The van der Waals surface area contributed by atoms with Crippen molar-refractivity contribution in [3.63, 3.8) is 0 Å². The molecule has 0 aromatic rings. The summed E-state index contributed by atoms with van der Waals surface area (Å²) in [6, 6.07) is 0. The van der Waals surface area contributed by atoms with Crippen LogP contribution in [0.3, 0.4) is 0 Å². The van der Waals surface area contributed by atoms with Gasteiger partial charge in [0.2, 0.25) is 0 Å². The van der Waals surface area contributed by atoms with Crippen molar-refractivity contribution < 1.29 is 14.3 Å². The van der Waals surface area contributed by atoms with Crippen LogP contribution in [-0.2, 0) is 14.3 Å². The maximum atomic E-state index is 11.6. The third-order valence-electron chi connectivity index (χ3n) is 7.26. The highest BCUT2D eigenvalue weighted by Crippen LogP contribution is 2.62. The van der Waals surface area contributed by atoms with Gasteiger partial charge in [-0.05, 0) is 31.1 Å². The summed E-state index contributed by atoms with van der Waals surface area (Å²) in [7, 11) is 2.49. The van der Waals surface area contributed by atoms with Gasteiger partial charge in [0.1, 0.15) is 14.1 Å². The SMILES string of the molecule is BC1(C2(CC=O)CCOC3(CCOCC3)C2)CCCCCCC1. The van der Waals surface area contributed by atoms with Gasteiger partial charge in [-0.3, -0.25) is 0 Å². The highest BCUT2D eigenvalue weighted by atomic mass is 16.5. The fourth-order valence-corrected chi connectivity index (χ4v) is 5.59. The maximum Gasteiger partial charge on any atom is 0.120 e. The van der Waals surface area contributed by atoms with Crippen LogP contribution in [0.4, 0.5) is 0 Å². The molecule has 2 saturated heterocycles. The summed E-state index contributed by atoms with van der Waals surface area (Å²) in [4.78, 5) is 11.6. The van der Waals surface area contributed by atoms with E-state index in [4.69, 9.17) is 9.47 Å². The zero-order valence-corrected chi connectivity index (χ0v) is 14.9. The lowest BCUT2D eigenvalue weighted by Crippen LogP contribution is -2.53. The molecule has 0 radical (unpaired) electrons. The quantitative estimate of drug-likeness (QED) is 0.590. The lowest BCUT2D eigenvalue weighted by molar-refractivity contribution is -0.178. The Kier molecular flexibility index (Phi) is 5.52. The lowest BCUT2D eigenvalue weighted by Gasteiger charge is -2.57. The molecule has 0 aromatic carbocycles. The van der Waals surface area contributed by atoms with Gasteiger partial charge < -0.3 is 14.3 Å². The van der Waals surface area contributed by atoms with E-state index in [0.29, 0.717) is 5.31 Å². The van der Waals surface area contributed by atoms with Gasteiger partial charge in [-0.25, -0.2) is 0 Å². The molecule has 130 valence electrons. The molecule has 2 heterocycles. The Bertz CT molecular complexity index is 392. The van der Waals surface area contributed by atoms with Crippen molar-refractivity contribution >= 4 is 14.1 Å². The second-order valence-electron chi connectivity index (χ2n) is 8.55. The monoisotopic (exact) mass is 320 g/mol. The standard InChI is InChI=1S/C19H33BO3/c20-19(6-4-2-1-3-5-7-19)17(8-12-21)9-15-23-18(16-17)10-13-22-14-11-18/h12H,1-11,13-16,20H2. The first kappa shape index (κ1) is 17.5. The molecule has 1 saturated carbocycles. The Hall–Kier alpha value is -0.345. The van der Waals surface area contributed by atoms with Gasteiger partial charge in [0.25, 0.3) is 0 Å². The van der Waals surface area contributed by atoms with E-state index in [1.165, 1.54) is 51.2 Å². The lowest BCUT2D eigenvalue weighted by atomic mass is 9.43. The largest absolute Gasteiger partial charge is 0.381 e. The number of hydrogen-bond donors (Lipinski definition) is 0. The summed E-state index contributed by atoms with van der Waals surface area (Å²) >= 11 is 0. The molecule has 3 rings (SSSR count). The highest BCUT2D eigenvalue weighted by molar-refractivity contribution is 6.16. The van der Waals surface area contributed by atoms with Gasteiger partial charge in [-0.15, -0.1) is 0 Å². The van der Waals surface area contributed by atoms with Crippen molar-refractivity contribution in [1.29, 1.82) is 0 Å². The van der Waals surface area contributed by atoms with E-state index in [9.17, 15) is 4.79 Å². The summed E-state index contributed by atoms with van der Waals surface area (Å²) in [6.45, 7) is 2.45. The van der Waals surface area contributed by atoms with E-state index in [0.717, 1.165) is 51.9 Å². The summed E-state index contributed by atoms with van der Waals surface area (Å²) in [6.07, 6.45) is 15.4. The van der Waals surface area contributed by atoms with E-state index >= 15 is 0 Å². The first-order valence-electron chi connectivity index (χ1n) is 9.79. The van der Waals surface area contributed by atoms with E-state index < -0.39 is 0 Å². The molecule has 3 fully saturated rings. The van der Waals surface area contributed by atoms with Crippen LogP contribution in [0.5, 0.6) is 0 Å². The summed E-state index contributed by atoms with van der Waals surface area (Å²) in [5.41, 5.74) is 0.118. The minimum atomic E-state index is -0.0229. The summed E-state index contributed by atoms with van der Waals surface area (Å²) in [5.74, 6) is 0. The van der Waals surface area contributed by atoms with Crippen molar-refractivity contribution in [2.75, 3.05) is 19.8 Å². The predicted molar refractivity (Wildman–Crippen MR) is 94.6 cm³/mol. The molecule has 1 spiro atoms. The van der Waals surface area contributed by atoms with E-state index in [2.05, 4.69) is 7.85 Å². The van der Waals surface area contributed by atoms with Gasteiger partial charge in [-0.2, -0.15) is 0 Å². The fraction of sp³-hybridized carbons (Fsp3) is 0.947. The Morgan fingerprint density at radius 2 is 1.52 bits per heavy atom. The number of rotatable bonds is 3. The minimum absolute atomic E-state index is 0.0229. The van der Waals surface area contributed by atoms with E-state index in [1.54, 1.807) is 0 Å². The molecule has 0 bridgehead atoms. The summed E-state index contributed by atoms with van der Waals surface area (Å²) in [5, 5.41) is 0.295. The van der Waals surface area contributed by atoms with Crippen LogP contribution in [0.2, 0.25) is 5.31 Å². The van der Waals surface area contributed by atoms with Gasteiger partial charge in [0, 0.05) is 26.2 Å². The summed E-state index contributed by atoms with van der Waals surface area (Å²) < 4.78 is 11.9. The van der Waals surface area contributed by atoms with Crippen LogP contribution in [-0.4, -0.2) is 39.6 Å². The zero-order valence-electron chi connectivity index (χ0n) is 14.9. The Labute approximate surface area is 142 Å². The topological polar surface area (TPSA) is 35.5 Å². The number of carbonyl (C=O) groups excluding carboxylic acids is 1. The van der Waals surface area contributed by atoms with Crippen molar-refractivity contribution in [1.82, 2.24) is 0 Å². The average molecular weight is 320 g/mol. The second-order valence-corrected chi connectivity index (χ2v) is 8.55. The van der Waals surface area contributed by atoms with Gasteiger partial charge in [0.15, 0.2) is 0 Å². The first-order chi connectivity index (χ1) is 11.1. The molecule has 3 aliphatic rings. The first-order valence-corrected chi connectivity index (χ1v) is 9.79. The number of aldehydes is 1. The number of carbonyl (C=O) groups is 1. The average Bonchev–Trinajstić information content (AvgIpc) is 2.52. The molecule has 4 heteroatoms. The smallest absolute Gasteiger partial charge is 0.120 e. The number of hydrogen-bond acceptors (Lipinski definition) is 3. The normalized spacial score (nSPS) is 34.4. The predicted octanol–water partition coefficient (Wildman–Crippen LogP) is 3.46. The Morgan fingerprint density at radius 1 is 0.870 bits per heavy atom. The molecule has 3 nitrogen and oxygen atoms in total. The fourth-order valence-electron chi connectivity index (χ4n) is 5.59. The van der Waals surface area contributed by atoms with E-state index in [1.807, 2.05) is 0 Å². The zero-order chi connectivity index (χ0) is 16.2. The van der Waals surface area contributed by atoms with Crippen LogP contribution in [0.25, 0.3) is 0 Å². The van der Waals surface area contributed by atoms with Gasteiger partial charge >= 0.3 is 0 Å². The van der Waals surface area contributed by atoms with Crippen molar-refractivity contribution in [3.8, 4) is 0 Å². The molecule has 0 N–H and O–H groups in total. The van der Waals surface area contributed by atoms with Crippen LogP contribution in [0.15, 0.2) is 0 Å².